The normalized spacial score (nSPS) is 12.3. The Kier molecular flexibility index (Phi) is 4.86. The van der Waals surface area contributed by atoms with Gasteiger partial charge in [0.15, 0.2) is 11.5 Å². The molecule has 0 aromatic heterocycles. The summed E-state index contributed by atoms with van der Waals surface area (Å²) < 4.78 is 10.3. The second-order valence-corrected chi connectivity index (χ2v) is 3.77. The Balaban J connectivity index is 3.13. The number of hydrogen-bond acceptors (Lipinski definition) is 4. The van der Waals surface area contributed by atoms with Crippen LogP contribution in [0.15, 0.2) is 12.1 Å². The molecule has 0 saturated carbocycles. The fourth-order valence-corrected chi connectivity index (χ4v) is 1.90. The fourth-order valence-electron chi connectivity index (χ4n) is 1.53. The van der Waals surface area contributed by atoms with Gasteiger partial charge < -0.3 is 20.9 Å². The minimum Gasteiger partial charge on any atom is -0.493 e. The van der Waals surface area contributed by atoms with Crippen LogP contribution in [0, 0.1) is 0 Å². The van der Waals surface area contributed by atoms with E-state index >= 15 is 0 Å². The summed E-state index contributed by atoms with van der Waals surface area (Å²) in [7, 11) is 3.11. The maximum absolute atomic E-state index is 6.20. The van der Waals surface area contributed by atoms with E-state index in [-0.39, 0.29) is 6.04 Å². The van der Waals surface area contributed by atoms with Crippen LogP contribution < -0.4 is 20.9 Å². The molecule has 0 unspecified atom stereocenters. The maximum atomic E-state index is 6.20. The minimum atomic E-state index is -0.183. The van der Waals surface area contributed by atoms with Crippen LogP contribution in [0.4, 0.5) is 0 Å². The summed E-state index contributed by atoms with van der Waals surface area (Å²) in [5, 5.41) is 0.489. The van der Waals surface area contributed by atoms with Crippen molar-refractivity contribution in [2.75, 3.05) is 20.8 Å². The third-order valence-corrected chi connectivity index (χ3v) is 2.78. The molecule has 0 aliphatic carbocycles. The molecule has 0 radical (unpaired) electrons. The zero-order chi connectivity index (χ0) is 12.1. The molecule has 4 nitrogen and oxygen atoms in total. The Morgan fingerprint density at radius 3 is 2.50 bits per heavy atom. The van der Waals surface area contributed by atoms with Crippen molar-refractivity contribution in [3.05, 3.63) is 22.7 Å². The molecule has 0 aliphatic rings. The van der Waals surface area contributed by atoms with Crippen molar-refractivity contribution in [3.63, 3.8) is 0 Å². The van der Waals surface area contributed by atoms with Crippen LogP contribution in [-0.4, -0.2) is 20.8 Å². The van der Waals surface area contributed by atoms with E-state index < -0.39 is 0 Å². The van der Waals surface area contributed by atoms with Gasteiger partial charge in [-0.25, -0.2) is 0 Å². The molecule has 4 N–H and O–H groups in total. The van der Waals surface area contributed by atoms with Gasteiger partial charge in [-0.1, -0.05) is 17.7 Å². The highest BCUT2D eigenvalue weighted by molar-refractivity contribution is 6.33. The van der Waals surface area contributed by atoms with Gasteiger partial charge in [0.05, 0.1) is 19.2 Å². The van der Waals surface area contributed by atoms with E-state index in [9.17, 15) is 0 Å². The van der Waals surface area contributed by atoms with Crippen LogP contribution in [-0.2, 0) is 0 Å². The molecule has 5 heteroatoms. The first-order valence-corrected chi connectivity index (χ1v) is 5.39. The molecule has 0 heterocycles. The Bertz CT molecular complexity index is 358. The van der Waals surface area contributed by atoms with Crippen LogP contribution in [0.25, 0.3) is 0 Å². The molecule has 1 atom stereocenters. The Morgan fingerprint density at radius 1 is 1.31 bits per heavy atom. The number of methoxy groups -OCH3 is 2. The highest BCUT2D eigenvalue weighted by Gasteiger charge is 2.16. The molecule has 0 fully saturated rings. The second kappa shape index (κ2) is 5.94. The van der Waals surface area contributed by atoms with E-state index in [1.54, 1.807) is 20.3 Å². The third-order valence-electron chi connectivity index (χ3n) is 2.39. The summed E-state index contributed by atoms with van der Waals surface area (Å²) in [6.45, 7) is 0.520. The Hall–Kier alpha value is -0.970. The van der Waals surface area contributed by atoms with Crippen molar-refractivity contribution >= 4 is 11.6 Å². The lowest BCUT2D eigenvalue weighted by Gasteiger charge is -2.16. The minimum absolute atomic E-state index is 0.183. The first kappa shape index (κ1) is 13.1. The topological polar surface area (TPSA) is 70.5 Å². The standard InChI is InChI=1S/C11H17ClN2O2/c1-15-9-4-3-7(8(14)5-6-13)10(12)11(9)16-2/h3-4,8H,5-6,13-14H2,1-2H3/t8-/m0/s1. The molecular weight excluding hydrogens is 228 g/mol. The SMILES string of the molecule is COc1ccc([C@@H](N)CCN)c(Cl)c1OC. The number of nitrogens with two attached hydrogens (primary N) is 2. The van der Waals surface area contributed by atoms with Crippen molar-refractivity contribution in [3.8, 4) is 11.5 Å². The largest absolute Gasteiger partial charge is 0.493 e. The predicted octanol–water partition coefficient (Wildman–Crippen LogP) is 1.71. The summed E-state index contributed by atoms with van der Waals surface area (Å²) in [5.74, 6) is 1.10. The third kappa shape index (κ3) is 2.58. The zero-order valence-corrected chi connectivity index (χ0v) is 10.3. The van der Waals surface area contributed by atoms with Gasteiger partial charge in [0, 0.05) is 6.04 Å². The van der Waals surface area contributed by atoms with Crippen molar-refractivity contribution in [1.29, 1.82) is 0 Å². The number of rotatable bonds is 5. The molecule has 0 saturated heterocycles. The number of hydrogen-bond donors (Lipinski definition) is 2. The number of ether oxygens (including phenoxy) is 2. The molecule has 16 heavy (non-hydrogen) atoms. The lowest BCUT2D eigenvalue weighted by molar-refractivity contribution is 0.354. The first-order chi connectivity index (χ1) is 7.65. The quantitative estimate of drug-likeness (QED) is 0.827. The highest BCUT2D eigenvalue weighted by atomic mass is 35.5. The lowest BCUT2D eigenvalue weighted by atomic mass is 10.0. The smallest absolute Gasteiger partial charge is 0.179 e. The van der Waals surface area contributed by atoms with E-state index in [0.29, 0.717) is 29.5 Å². The molecule has 0 spiro atoms. The Labute approximate surface area is 100 Å². The van der Waals surface area contributed by atoms with Gasteiger partial charge in [-0.05, 0) is 24.6 Å². The number of halogens is 1. The van der Waals surface area contributed by atoms with Gasteiger partial charge in [0.1, 0.15) is 0 Å². The summed E-state index contributed by atoms with van der Waals surface area (Å²) in [6.07, 6.45) is 0.676. The summed E-state index contributed by atoms with van der Waals surface area (Å²) in [5.41, 5.74) is 12.2. The average molecular weight is 245 g/mol. The molecular formula is C11H17ClN2O2. The predicted molar refractivity (Wildman–Crippen MR) is 65.2 cm³/mol. The summed E-state index contributed by atoms with van der Waals surface area (Å²) in [6, 6.07) is 3.44. The van der Waals surface area contributed by atoms with E-state index in [0.717, 1.165) is 5.56 Å². The molecule has 0 aliphatic heterocycles. The highest BCUT2D eigenvalue weighted by Crippen LogP contribution is 2.39. The first-order valence-electron chi connectivity index (χ1n) is 5.01. The van der Waals surface area contributed by atoms with E-state index in [2.05, 4.69) is 0 Å². The maximum Gasteiger partial charge on any atom is 0.179 e. The van der Waals surface area contributed by atoms with Gasteiger partial charge in [-0.15, -0.1) is 0 Å². The van der Waals surface area contributed by atoms with Gasteiger partial charge in [0.2, 0.25) is 0 Å². The lowest BCUT2D eigenvalue weighted by Crippen LogP contribution is -2.16. The monoisotopic (exact) mass is 244 g/mol. The van der Waals surface area contributed by atoms with Crippen LogP contribution in [0.2, 0.25) is 5.02 Å². The van der Waals surface area contributed by atoms with Crippen LogP contribution in [0.5, 0.6) is 11.5 Å². The van der Waals surface area contributed by atoms with Gasteiger partial charge >= 0.3 is 0 Å². The number of benzene rings is 1. The molecule has 90 valence electrons. The van der Waals surface area contributed by atoms with Crippen molar-refractivity contribution < 1.29 is 9.47 Å². The van der Waals surface area contributed by atoms with E-state index in [1.165, 1.54) is 0 Å². The van der Waals surface area contributed by atoms with Gasteiger partial charge in [0.25, 0.3) is 0 Å². The van der Waals surface area contributed by atoms with E-state index in [4.69, 9.17) is 32.5 Å². The van der Waals surface area contributed by atoms with Crippen molar-refractivity contribution in [2.45, 2.75) is 12.5 Å². The van der Waals surface area contributed by atoms with Crippen LogP contribution in [0.3, 0.4) is 0 Å². The zero-order valence-electron chi connectivity index (χ0n) is 9.50. The molecule has 0 amide bonds. The van der Waals surface area contributed by atoms with Gasteiger partial charge in [-0.2, -0.15) is 0 Å². The average Bonchev–Trinajstić information content (AvgIpc) is 2.28. The van der Waals surface area contributed by atoms with Crippen molar-refractivity contribution in [2.24, 2.45) is 11.5 Å². The fraction of sp³-hybridized carbons (Fsp3) is 0.455. The van der Waals surface area contributed by atoms with Gasteiger partial charge in [-0.3, -0.25) is 0 Å². The van der Waals surface area contributed by atoms with E-state index in [1.807, 2.05) is 6.07 Å². The van der Waals surface area contributed by atoms with Crippen LogP contribution in [0.1, 0.15) is 18.0 Å². The molecule has 1 aromatic carbocycles. The Morgan fingerprint density at radius 2 is 2.00 bits per heavy atom. The summed E-state index contributed by atoms with van der Waals surface area (Å²) >= 11 is 6.20. The summed E-state index contributed by atoms with van der Waals surface area (Å²) in [4.78, 5) is 0. The molecule has 1 rings (SSSR count). The van der Waals surface area contributed by atoms with Crippen molar-refractivity contribution in [1.82, 2.24) is 0 Å². The molecule has 0 bridgehead atoms. The van der Waals surface area contributed by atoms with Crippen LogP contribution >= 0.6 is 11.6 Å². The second-order valence-electron chi connectivity index (χ2n) is 3.39. The molecule has 1 aromatic rings.